The molecule has 7 amide bonds. The van der Waals surface area contributed by atoms with Crippen LogP contribution in [0.1, 0.15) is 181 Å². The number of nitrogens with one attached hydrogen (secondary N) is 7. The summed E-state index contributed by atoms with van der Waals surface area (Å²) >= 11 is 0. The third kappa shape index (κ3) is 41.8. The molecule has 0 bridgehead atoms. The van der Waals surface area contributed by atoms with E-state index in [2.05, 4.69) is 120 Å². The number of benzene rings is 10. The number of halogens is 1. The van der Waals surface area contributed by atoms with Crippen LogP contribution >= 0.6 is 0 Å². The van der Waals surface area contributed by atoms with E-state index in [1.54, 1.807) is 18.2 Å². The van der Waals surface area contributed by atoms with Gasteiger partial charge in [0.25, 0.3) is 41.4 Å². The summed E-state index contributed by atoms with van der Waals surface area (Å²) in [4.78, 5) is 134. The molecule has 43 heteroatoms. The maximum atomic E-state index is 13.4. The Kier molecular flexibility index (Phi) is 49.4. The summed E-state index contributed by atoms with van der Waals surface area (Å²) in [5, 5.41) is 84.2. The van der Waals surface area contributed by atoms with Gasteiger partial charge >= 0.3 is 0 Å². The van der Waals surface area contributed by atoms with Crippen LogP contribution in [0.15, 0.2) is 241 Å². The highest BCUT2D eigenvalue weighted by atomic mass is 19.1. The molecule has 0 unspecified atom stereocenters. The SMILES string of the molecule is [C-]#[N+]c1ccc(O)c(C(=O)NC(N)=NC2CCCC2)c1.[C-]#[N+]c1ccc(O)c(C(=O)NC(N)=NCC(C)C)c1.[C-]#[N+]c1ccc(O)c(C(=O)NC(N)=NCC(CC)CC)c1.[C-]#[N+]c1ccc(O)c(C(=O)NC(N)=NCCCC)c1.[C-]#[N+]c1ccc(O)c(C(=O)NC(N)=NCc2ccc(C)cc2)c1.[C-]#[N+]c1ccc(O)c(C(=O)NC(N)=NCc2ccccc2)c1.[C-]#[N+]c1ccc(O)c(C(=O)NC(N)=NCc2ccccc2F)c1. The molecule has 1 aliphatic rings. The van der Waals surface area contributed by atoms with Crippen molar-refractivity contribution in [3.05, 3.63) is 353 Å². The first-order valence-corrected chi connectivity index (χ1v) is 44.8. The molecule has 28 N–H and O–H groups in total. The summed E-state index contributed by atoms with van der Waals surface area (Å²) < 4.78 is 13.4. The normalized spacial score (nSPS) is 11.6. The molecule has 0 aromatic heterocycles. The van der Waals surface area contributed by atoms with E-state index in [1.165, 1.54) is 133 Å². The predicted octanol–water partition coefficient (Wildman–Crippen LogP) is 14.8. The second-order valence-electron chi connectivity index (χ2n) is 31.6. The molecule has 0 spiro atoms. The van der Waals surface area contributed by atoms with Crippen LogP contribution in [-0.4, -0.2) is 144 Å². The van der Waals surface area contributed by atoms with E-state index in [0.717, 1.165) is 68.1 Å². The van der Waals surface area contributed by atoms with Gasteiger partial charge in [0.15, 0.2) is 81.5 Å². The lowest BCUT2D eigenvalue weighted by molar-refractivity contribution is 0.0965. The number of nitrogens with zero attached hydrogens (tertiary/aromatic N) is 14. The number of nitrogens with two attached hydrogens (primary N) is 7. The molecular formula is C104H111FN28O14. The minimum absolute atomic E-state index is 0.00198. The smallest absolute Gasteiger partial charge is 0.260 e. The number of hydrogen-bond acceptors (Lipinski definition) is 21. The van der Waals surface area contributed by atoms with E-state index < -0.39 is 47.2 Å². The van der Waals surface area contributed by atoms with Gasteiger partial charge in [-0.1, -0.05) is 188 Å². The lowest BCUT2D eigenvalue weighted by atomic mass is 10.0. The summed E-state index contributed by atoms with van der Waals surface area (Å²) in [5.74, 6) is -5.70. The predicted molar refractivity (Wildman–Crippen MR) is 560 cm³/mol. The zero-order valence-electron chi connectivity index (χ0n) is 80.9. The number of phenols is 7. The number of rotatable bonds is 23. The van der Waals surface area contributed by atoms with Crippen molar-refractivity contribution < 1.29 is 73.7 Å². The fourth-order valence-electron chi connectivity index (χ4n) is 12.1. The van der Waals surface area contributed by atoms with Crippen molar-refractivity contribution in [3.8, 4) is 40.2 Å². The summed E-state index contributed by atoms with van der Waals surface area (Å²) in [6.45, 7) is 62.7. The van der Waals surface area contributed by atoms with Gasteiger partial charge < -0.3 is 75.9 Å². The van der Waals surface area contributed by atoms with E-state index >= 15 is 0 Å². The van der Waals surface area contributed by atoms with Crippen LogP contribution in [0.25, 0.3) is 33.9 Å². The molecule has 758 valence electrons. The fourth-order valence-corrected chi connectivity index (χ4v) is 12.1. The Morgan fingerprint density at radius 1 is 0.347 bits per heavy atom. The van der Waals surface area contributed by atoms with Crippen LogP contribution in [0.5, 0.6) is 40.2 Å². The Labute approximate surface area is 848 Å². The molecule has 147 heavy (non-hydrogen) atoms. The number of hydrogen-bond donors (Lipinski definition) is 21. The average molecular weight is 2000 g/mol. The largest absolute Gasteiger partial charge is 0.507 e. The quantitative estimate of drug-likeness (QED) is 0.0122. The molecule has 42 nitrogen and oxygen atoms in total. The molecule has 11 rings (SSSR count). The van der Waals surface area contributed by atoms with E-state index in [-0.39, 0.29) is 173 Å². The Balaban J connectivity index is 0.000000302. The number of carbonyl (C=O) groups is 7. The van der Waals surface area contributed by atoms with Gasteiger partial charge in [0.2, 0.25) is 0 Å². The molecular weight excluding hydrogens is 1880 g/mol. The van der Waals surface area contributed by atoms with Gasteiger partial charge in [-0.25, -0.2) is 58.3 Å². The lowest BCUT2D eigenvalue weighted by Gasteiger charge is -2.10. The van der Waals surface area contributed by atoms with Gasteiger partial charge in [0, 0.05) is 25.2 Å². The summed E-state index contributed by atoms with van der Waals surface area (Å²) in [5.41, 5.74) is 44.5. The van der Waals surface area contributed by atoms with Crippen molar-refractivity contribution in [2.45, 2.75) is 119 Å². The molecule has 10 aromatic carbocycles. The average Bonchev–Trinajstić information content (AvgIpc) is 1.53. The summed E-state index contributed by atoms with van der Waals surface area (Å²) in [7, 11) is 0. The van der Waals surface area contributed by atoms with Crippen molar-refractivity contribution in [3.63, 3.8) is 0 Å². The number of carbonyl (C=O) groups excluding carboxylic acids is 7. The second-order valence-corrected chi connectivity index (χ2v) is 31.6. The fraction of sp³-hybridized carbons (Fsp3) is 0.221. The van der Waals surface area contributed by atoms with Gasteiger partial charge in [-0.3, -0.25) is 85.8 Å². The Morgan fingerprint density at radius 2 is 0.612 bits per heavy atom. The topological polar surface area (TPSA) is 644 Å². The number of aryl methyl sites for hydroxylation is 1. The monoisotopic (exact) mass is 1990 g/mol. The standard InChI is InChI=1S/C17H16N4O2.C16H13FN4O2.C16H14N4O2.C15H20N4O2.C14H16N4O2.2C13H16N4O2/c1-11-3-5-12(6-4-11)10-20-17(18)21-16(23)14-9-13(19-2)7-8-15(14)22;1-19-11-6-7-14(22)12(8-11)15(23)21-16(18)20-9-10-4-2-3-5-13(10)17;1-18-12-7-8-14(21)13(9-12)15(22)20-16(17)19-10-11-5-3-2-4-6-11;1-4-10(5-2)9-18-15(16)19-14(21)12-8-11(17-3)6-7-13(12)20;1-16-10-6-7-12(19)11(8-10)13(20)18-14(15)17-9-4-2-3-5-9;1-8(2)7-16-13(14)17-12(19)10-6-9(15-3)4-5-11(10)18;1-3-4-7-16-13(14)17-12(19)10-8-9(15-2)5-6-11(10)18/h3-9,22H,10H2,1H3,(H3,18,20,21,23);2-8,22H,9H2,(H3,18,20,21,23);2-9,21H,10H2,(H3,17,19,20,22);6-8,10,20H,4-5,9H2,1-2H3,(H3,16,18,19,21);6-9,19H,2-5H2,(H3,15,17,18,20);4-6,8,18H,7H2,1-2H3,(H3,14,16,17,19);5-6,8,18H,3-4,7H2,1H3,(H3,14,16,17,19). The maximum Gasteiger partial charge on any atom is 0.260 e. The van der Waals surface area contributed by atoms with E-state index in [9.17, 15) is 73.7 Å². The minimum atomic E-state index is -0.706. The van der Waals surface area contributed by atoms with Crippen LogP contribution in [0.2, 0.25) is 0 Å². The van der Waals surface area contributed by atoms with Crippen molar-refractivity contribution in [1.82, 2.24) is 37.2 Å². The Hall–Kier alpha value is -20.3. The van der Waals surface area contributed by atoms with Crippen LogP contribution < -0.4 is 77.4 Å². The molecule has 1 fully saturated rings. The molecule has 0 heterocycles. The highest BCUT2D eigenvalue weighted by Gasteiger charge is 2.22. The molecule has 0 saturated heterocycles. The third-order valence-corrected chi connectivity index (χ3v) is 20.1. The highest BCUT2D eigenvalue weighted by Crippen LogP contribution is 2.31. The molecule has 0 atom stereocenters. The van der Waals surface area contributed by atoms with Crippen LogP contribution in [0.4, 0.5) is 44.2 Å². The first kappa shape index (κ1) is 117. The molecule has 1 aliphatic carbocycles. The van der Waals surface area contributed by atoms with Gasteiger partial charge in [0.1, 0.15) is 46.1 Å². The third-order valence-electron chi connectivity index (χ3n) is 20.1. The van der Waals surface area contributed by atoms with Crippen LogP contribution in [0.3, 0.4) is 0 Å². The molecule has 0 radical (unpaired) electrons. The van der Waals surface area contributed by atoms with Gasteiger partial charge in [-0.2, -0.15) is 0 Å². The first-order valence-electron chi connectivity index (χ1n) is 44.8. The Bertz CT molecular complexity index is 6850. The molecule has 10 aromatic rings. The first-order chi connectivity index (χ1) is 70.2. The zero-order valence-corrected chi connectivity index (χ0v) is 80.9. The van der Waals surface area contributed by atoms with Crippen molar-refractivity contribution in [1.29, 1.82) is 0 Å². The van der Waals surface area contributed by atoms with Crippen LogP contribution in [0, 0.1) is 70.6 Å². The van der Waals surface area contributed by atoms with Gasteiger partial charge in [-0.15, -0.1) is 0 Å². The van der Waals surface area contributed by atoms with Crippen molar-refractivity contribution in [2.75, 3.05) is 19.6 Å². The van der Waals surface area contributed by atoms with Gasteiger partial charge in [0.05, 0.1) is 111 Å². The second kappa shape index (κ2) is 61.9. The summed E-state index contributed by atoms with van der Waals surface area (Å²) in [6, 6.07) is 51.5. The maximum absolute atomic E-state index is 13.4. The zero-order chi connectivity index (χ0) is 109. The number of phenolic OH excluding ortho intramolecular Hbond substituents is 7. The number of aliphatic imine (C=N–C) groups is 7. The van der Waals surface area contributed by atoms with Crippen molar-refractivity contribution in [2.24, 2.45) is 86.9 Å². The number of amides is 7. The molecule has 0 aliphatic heterocycles. The number of guanidine groups is 7. The van der Waals surface area contributed by atoms with E-state index in [4.69, 9.17) is 86.1 Å². The molecule has 1 saturated carbocycles. The highest BCUT2D eigenvalue weighted by molar-refractivity contribution is 6.12. The minimum Gasteiger partial charge on any atom is -0.507 e. The van der Waals surface area contributed by atoms with Gasteiger partial charge in [-0.05, 0) is 140 Å². The number of aromatic hydroxyl groups is 7. The lowest BCUT2D eigenvalue weighted by Crippen LogP contribution is -2.37. The number of unbranched alkanes of at least 4 members (excludes halogenated alkanes) is 1. The van der Waals surface area contributed by atoms with Crippen LogP contribution in [-0.2, 0) is 19.6 Å². The van der Waals surface area contributed by atoms with E-state index in [1.807, 2.05) is 82.3 Å². The Morgan fingerprint density at radius 3 is 0.898 bits per heavy atom. The summed E-state index contributed by atoms with van der Waals surface area (Å²) in [6.07, 6.45) is 8.08. The van der Waals surface area contributed by atoms with E-state index in [0.29, 0.717) is 50.1 Å². The van der Waals surface area contributed by atoms with Crippen molar-refractivity contribution >= 4 is 123 Å².